The summed E-state index contributed by atoms with van der Waals surface area (Å²) in [5.41, 5.74) is -0.716. The van der Waals surface area contributed by atoms with Gasteiger partial charge < -0.3 is 15.3 Å². The molecule has 9 atom stereocenters. The molecule has 0 amide bonds. The van der Waals surface area contributed by atoms with Crippen LogP contribution in [-0.4, -0.2) is 39.8 Å². The number of rotatable bonds is 2. The van der Waals surface area contributed by atoms with Gasteiger partial charge >= 0.3 is 5.97 Å². The number of allylic oxidation sites excluding steroid dienone is 2. The molecule has 5 aliphatic rings. The topological polar surface area (TPSA) is 94.8 Å². The summed E-state index contributed by atoms with van der Waals surface area (Å²) >= 11 is 0. The van der Waals surface area contributed by atoms with Crippen molar-refractivity contribution in [3.05, 3.63) is 11.6 Å². The quantitative estimate of drug-likeness (QED) is 0.455. The predicted octanol–water partition coefficient (Wildman–Crippen LogP) is 5.39. The molecule has 5 aliphatic carbocycles. The SMILES string of the molecule is CC1(C)CC[C@]2(C(=O)O)CC[C@]3(C)C(=CC[C@@H]4[C@@]5(C)C(=O)CC(O)[C@@](C)(CO)[C@@H]5CC[C@]43C)[C@@H]2C1. The van der Waals surface area contributed by atoms with Gasteiger partial charge in [0.05, 0.1) is 18.1 Å². The Kier molecular flexibility index (Phi) is 5.40. The fourth-order valence-electron chi connectivity index (χ4n) is 10.4. The second-order valence-electron chi connectivity index (χ2n) is 14.8. The number of aliphatic hydroxyl groups excluding tert-OH is 2. The van der Waals surface area contributed by atoms with E-state index in [1.807, 2.05) is 6.92 Å². The summed E-state index contributed by atoms with van der Waals surface area (Å²) in [4.78, 5) is 26.5. The van der Waals surface area contributed by atoms with Gasteiger partial charge in [-0.25, -0.2) is 0 Å². The van der Waals surface area contributed by atoms with E-state index in [0.29, 0.717) is 6.42 Å². The highest BCUT2D eigenvalue weighted by molar-refractivity contribution is 5.87. The molecule has 5 heteroatoms. The maximum Gasteiger partial charge on any atom is 0.310 e. The van der Waals surface area contributed by atoms with Crippen molar-refractivity contribution in [1.29, 1.82) is 0 Å². The van der Waals surface area contributed by atoms with Crippen molar-refractivity contribution in [3.8, 4) is 0 Å². The van der Waals surface area contributed by atoms with Gasteiger partial charge in [-0.05, 0) is 85.4 Å². The Morgan fingerprint density at radius 2 is 1.66 bits per heavy atom. The van der Waals surface area contributed by atoms with E-state index >= 15 is 0 Å². The van der Waals surface area contributed by atoms with Crippen LogP contribution in [0.4, 0.5) is 0 Å². The lowest BCUT2D eigenvalue weighted by Crippen LogP contribution is -2.68. The largest absolute Gasteiger partial charge is 0.481 e. The zero-order chi connectivity index (χ0) is 25.8. The second kappa shape index (κ2) is 7.43. The minimum atomic E-state index is -0.803. The molecular weight excluding hydrogens is 440 g/mol. The van der Waals surface area contributed by atoms with E-state index in [0.717, 1.165) is 44.9 Å². The molecule has 0 aromatic heterocycles. The van der Waals surface area contributed by atoms with Gasteiger partial charge in [0.15, 0.2) is 0 Å². The Morgan fingerprint density at radius 1 is 1.00 bits per heavy atom. The fourth-order valence-corrected chi connectivity index (χ4v) is 10.4. The first-order valence-electron chi connectivity index (χ1n) is 13.9. The average Bonchev–Trinajstić information content (AvgIpc) is 2.77. The molecule has 0 heterocycles. The van der Waals surface area contributed by atoms with E-state index in [1.165, 1.54) is 5.57 Å². The molecule has 196 valence electrons. The molecule has 0 spiro atoms. The summed E-state index contributed by atoms with van der Waals surface area (Å²) in [7, 11) is 0. The van der Waals surface area contributed by atoms with Crippen LogP contribution in [0.1, 0.15) is 99.3 Å². The first kappa shape index (κ1) is 25.4. The number of aliphatic hydroxyl groups is 2. The van der Waals surface area contributed by atoms with Gasteiger partial charge in [-0.3, -0.25) is 9.59 Å². The molecule has 5 nitrogen and oxygen atoms in total. The first-order valence-corrected chi connectivity index (χ1v) is 13.9. The number of ketones is 1. The van der Waals surface area contributed by atoms with Crippen LogP contribution in [0.2, 0.25) is 0 Å². The van der Waals surface area contributed by atoms with Crippen molar-refractivity contribution in [2.24, 2.45) is 50.2 Å². The normalized spacial score (nSPS) is 52.9. The lowest BCUT2D eigenvalue weighted by Gasteiger charge is -2.70. The summed E-state index contributed by atoms with van der Waals surface area (Å²) in [6.07, 6.45) is 8.38. The first-order chi connectivity index (χ1) is 16.1. The van der Waals surface area contributed by atoms with Crippen molar-refractivity contribution in [2.75, 3.05) is 6.61 Å². The highest BCUT2D eigenvalue weighted by atomic mass is 16.4. The average molecular weight is 487 g/mol. The molecule has 35 heavy (non-hydrogen) atoms. The summed E-state index contributed by atoms with van der Waals surface area (Å²) < 4.78 is 0. The Balaban J connectivity index is 1.63. The molecule has 4 fully saturated rings. The van der Waals surface area contributed by atoms with Crippen LogP contribution >= 0.6 is 0 Å². The molecule has 3 N–H and O–H groups in total. The number of carboxylic acids is 1. The number of Topliss-reactive ketones (excluding diaryl/α,β-unsaturated/α-hetero) is 1. The van der Waals surface area contributed by atoms with E-state index in [-0.39, 0.29) is 52.8 Å². The van der Waals surface area contributed by atoms with E-state index in [1.54, 1.807) is 0 Å². The minimum absolute atomic E-state index is 0.0526. The van der Waals surface area contributed by atoms with Crippen molar-refractivity contribution < 1.29 is 24.9 Å². The van der Waals surface area contributed by atoms with Crippen LogP contribution in [0.3, 0.4) is 0 Å². The van der Waals surface area contributed by atoms with E-state index < -0.39 is 28.3 Å². The van der Waals surface area contributed by atoms with Gasteiger partial charge in [-0.2, -0.15) is 0 Å². The molecule has 0 radical (unpaired) electrons. The Labute approximate surface area is 210 Å². The molecule has 0 bridgehead atoms. The second-order valence-corrected chi connectivity index (χ2v) is 14.8. The predicted molar refractivity (Wildman–Crippen MR) is 134 cm³/mol. The lowest BCUT2D eigenvalue weighted by molar-refractivity contribution is -0.211. The molecule has 0 saturated heterocycles. The van der Waals surface area contributed by atoms with Gasteiger partial charge in [0.2, 0.25) is 0 Å². The maximum absolute atomic E-state index is 13.7. The van der Waals surface area contributed by atoms with Crippen LogP contribution in [0.25, 0.3) is 0 Å². The number of fused-ring (bicyclic) bond motifs is 7. The number of carbonyl (C=O) groups excluding carboxylic acids is 1. The minimum Gasteiger partial charge on any atom is -0.481 e. The number of hydrogen-bond acceptors (Lipinski definition) is 4. The Bertz CT molecular complexity index is 983. The number of carbonyl (C=O) groups is 2. The van der Waals surface area contributed by atoms with Gasteiger partial charge in [-0.1, -0.05) is 53.2 Å². The smallest absolute Gasteiger partial charge is 0.310 e. The van der Waals surface area contributed by atoms with Crippen LogP contribution in [0, 0.1) is 50.2 Å². The van der Waals surface area contributed by atoms with Crippen molar-refractivity contribution in [3.63, 3.8) is 0 Å². The Hall–Kier alpha value is -1.20. The van der Waals surface area contributed by atoms with E-state index in [4.69, 9.17) is 0 Å². The van der Waals surface area contributed by atoms with E-state index in [2.05, 4.69) is 40.7 Å². The molecule has 5 rings (SSSR count). The van der Waals surface area contributed by atoms with Gasteiger partial charge in [-0.15, -0.1) is 0 Å². The Morgan fingerprint density at radius 3 is 2.29 bits per heavy atom. The molecule has 0 aromatic rings. The zero-order valence-corrected chi connectivity index (χ0v) is 22.6. The highest BCUT2D eigenvalue weighted by Crippen LogP contribution is 2.75. The van der Waals surface area contributed by atoms with Gasteiger partial charge in [0.25, 0.3) is 0 Å². The molecule has 4 saturated carbocycles. The molecule has 1 unspecified atom stereocenters. The van der Waals surface area contributed by atoms with Crippen LogP contribution in [-0.2, 0) is 9.59 Å². The van der Waals surface area contributed by atoms with Crippen molar-refractivity contribution in [1.82, 2.24) is 0 Å². The van der Waals surface area contributed by atoms with Crippen LogP contribution in [0.15, 0.2) is 11.6 Å². The summed E-state index contributed by atoms with van der Waals surface area (Å²) in [6, 6.07) is 0. The molecular formula is C30H46O5. The third-order valence-corrected chi connectivity index (χ3v) is 13.1. The number of hydrogen-bond donors (Lipinski definition) is 3. The lowest BCUT2D eigenvalue weighted by atomic mass is 9.33. The zero-order valence-electron chi connectivity index (χ0n) is 22.6. The van der Waals surface area contributed by atoms with Crippen molar-refractivity contribution in [2.45, 2.75) is 105 Å². The summed E-state index contributed by atoms with van der Waals surface area (Å²) in [5, 5.41) is 31.7. The standard InChI is InChI=1S/C30H46O5/c1-25(2)11-13-30(24(34)35)14-12-27(4)18(19(30)16-25)7-8-21-28(27,5)10-9-20-26(3,17-31)22(32)15-23(33)29(20,21)6/h7,19-22,31-32H,8-17H2,1-6H3,(H,34,35)/t19-,20-,21-,22?,26-,27+,28+,29-,30-/m0/s1. The monoisotopic (exact) mass is 486 g/mol. The van der Waals surface area contributed by atoms with Crippen LogP contribution in [0.5, 0.6) is 0 Å². The van der Waals surface area contributed by atoms with Crippen LogP contribution < -0.4 is 0 Å². The van der Waals surface area contributed by atoms with Gasteiger partial charge in [0, 0.05) is 17.3 Å². The number of aliphatic carboxylic acids is 1. The molecule has 0 aromatic carbocycles. The molecule has 0 aliphatic heterocycles. The van der Waals surface area contributed by atoms with E-state index in [9.17, 15) is 24.9 Å². The fraction of sp³-hybridized carbons (Fsp3) is 0.867. The third kappa shape index (κ3) is 2.94. The summed E-state index contributed by atoms with van der Waals surface area (Å²) in [5.74, 6) is -0.353. The highest BCUT2D eigenvalue weighted by Gasteiger charge is 2.71. The maximum atomic E-state index is 13.7. The summed E-state index contributed by atoms with van der Waals surface area (Å²) in [6.45, 7) is 13.3. The van der Waals surface area contributed by atoms with Crippen molar-refractivity contribution >= 4 is 11.8 Å². The number of carboxylic acid groups (broad SMARTS) is 1. The third-order valence-electron chi connectivity index (χ3n) is 13.1. The van der Waals surface area contributed by atoms with Gasteiger partial charge in [0.1, 0.15) is 5.78 Å².